The summed E-state index contributed by atoms with van der Waals surface area (Å²) >= 11 is 6.07. The maximum absolute atomic E-state index is 11.8. The lowest BCUT2D eigenvalue weighted by molar-refractivity contribution is 0.0600. The average molecular weight is 327 g/mol. The van der Waals surface area contributed by atoms with E-state index in [0.29, 0.717) is 36.5 Å². The van der Waals surface area contributed by atoms with Crippen molar-refractivity contribution in [2.45, 2.75) is 25.8 Å². The lowest BCUT2D eigenvalue weighted by Gasteiger charge is -2.31. The summed E-state index contributed by atoms with van der Waals surface area (Å²) < 4.78 is 4.76. The standard InChI is InChI=1S/C15H19ClN2O4/c1-9-12(14(19)22-2)7-10(16)8-13(9)17-11-3-5-18(6-4-11)15(20)21/h7-8,11,17H,3-6H2,1-2H3,(H,20,21). The number of ether oxygens (including phenoxy) is 1. The van der Waals surface area contributed by atoms with E-state index in [4.69, 9.17) is 21.4 Å². The number of esters is 1. The van der Waals surface area contributed by atoms with Crippen molar-refractivity contribution in [3.8, 4) is 0 Å². The largest absolute Gasteiger partial charge is 0.465 e. The molecule has 2 N–H and O–H groups in total. The summed E-state index contributed by atoms with van der Waals surface area (Å²) in [4.78, 5) is 24.1. The summed E-state index contributed by atoms with van der Waals surface area (Å²) in [5.74, 6) is -0.427. The average Bonchev–Trinajstić information content (AvgIpc) is 2.50. The van der Waals surface area contributed by atoms with Crippen LogP contribution in [-0.4, -0.2) is 48.3 Å². The monoisotopic (exact) mass is 326 g/mol. The van der Waals surface area contributed by atoms with E-state index in [1.807, 2.05) is 6.92 Å². The predicted octanol–water partition coefficient (Wildman–Crippen LogP) is 2.99. The number of methoxy groups -OCH3 is 1. The number of hydrogen-bond acceptors (Lipinski definition) is 4. The third kappa shape index (κ3) is 3.62. The van der Waals surface area contributed by atoms with E-state index in [2.05, 4.69) is 5.32 Å². The molecule has 1 aromatic carbocycles. The molecule has 6 nitrogen and oxygen atoms in total. The summed E-state index contributed by atoms with van der Waals surface area (Å²) in [5, 5.41) is 12.8. The third-order valence-corrected chi connectivity index (χ3v) is 4.12. The number of nitrogens with one attached hydrogen (secondary N) is 1. The molecule has 1 aromatic rings. The van der Waals surface area contributed by atoms with Gasteiger partial charge in [-0.1, -0.05) is 11.6 Å². The Balaban J connectivity index is 2.12. The Morgan fingerprint density at radius 3 is 2.55 bits per heavy atom. The van der Waals surface area contributed by atoms with Gasteiger partial charge < -0.3 is 20.1 Å². The molecule has 1 heterocycles. The number of halogens is 1. The minimum absolute atomic E-state index is 0.151. The second-order valence-electron chi connectivity index (χ2n) is 5.31. The normalized spacial score (nSPS) is 15.5. The van der Waals surface area contributed by atoms with Gasteiger partial charge in [-0.3, -0.25) is 0 Å². The number of rotatable bonds is 3. The minimum atomic E-state index is -0.884. The molecule has 22 heavy (non-hydrogen) atoms. The Morgan fingerprint density at radius 2 is 2.00 bits per heavy atom. The van der Waals surface area contributed by atoms with Gasteiger partial charge in [0.05, 0.1) is 12.7 Å². The molecule has 0 aromatic heterocycles. The van der Waals surface area contributed by atoms with Gasteiger partial charge in [0.25, 0.3) is 0 Å². The van der Waals surface area contributed by atoms with Crippen molar-refractivity contribution < 1.29 is 19.4 Å². The van der Waals surface area contributed by atoms with Crippen LogP contribution in [0, 0.1) is 6.92 Å². The van der Waals surface area contributed by atoms with Crippen LogP contribution in [0.5, 0.6) is 0 Å². The fourth-order valence-corrected chi connectivity index (χ4v) is 2.80. The van der Waals surface area contributed by atoms with Crippen LogP contribution in [0.25, 0.3) is 0 Å². The number of hydrogen-bond donors (Lipinski definition) is 2. The maximum atomic E-state index is 11.8. The van der Waals surface area contributed by atoms with E-state index in [9.17, 15) is 9.59 Å². The van der Waals surface area contributed by atoms with E-state index in [1.165, 1.54) is 12.0 Å². The van der Waals surface area contributed by atoms with Crippen LogP contribution in [0.4, 0.5) is 10.5 Å². The predicted molar refractivity (Wildman–Crippen MR) is 83.8 cm³/mol. The van der Waals surface area contributed by atoms with E-state index in [-0.39, 0.29) is 6.04 Å². The Kier molecular flexibility index (Phi) is 5.13. The molecule has 0 atom stereocenters. The zero-order valence-electron chi connectivity index (χ0n) is 12.6. The second-order valence-corrected chi connectivity index (χ2v) is 5.74. The zero-order chi connectivity index (χ0) is 16.3. The van der Waals surface area contributed by atoms with E-state index in [1.54, 1.807) is 12.1 Å². The number of carboxylic acid groups (broad SMARTS) is 1. The van der Waals surface area contributed by atoms with Gasteiger partial charge >= 0.3 is 12.1 Å². The number of amides is 1. The van der Waals surface area contributed by atoms with Crippen LogP contribution < -0.4 is 5.32 Å². The first-order valence-corrected chi connectivity index (χ1v) is 7.43. The van der Waals surface area contributed by atoms with Gasteiger partial charge in [0.15, 0.2) is 0 Å². The van der Waals surface area contributed by atoms with Crippen molar-refractivity contribution in [1.82, 2.24) is 4.90 Å². The minimum Gasteiger partial charge on any atom is -0.465 e. The van der Waals surface area contributed by atoms with Gasteiger partial charge in [0.2, 0.25) is 0 Å². The zero-order valence-corrected chi connectivity index (χ0v) is 13.3. The van der Waals surface area contributed by atoms with Crippen molar-refractivity contribution in [2.75, 3.05) is 25.5 Å². The molecule has 0 radical (unpaired) electrons. The Bertz CT molecular complexity index is 583. The SMILES string of the molecule is COC(=O)c1cc(Cl)cc(NC2CCN(C(=O)O)CC2)c1C. The molecule has 120 valence electrons. The molecule has 2 rings (SSSR count). The van der Waals surface area contributed by atoms with Crippen molar-refractivity contribution in [3.63, 3.8) is 0 Å². The van der Waals surface area contributed by atoms with Crippen molar-refractivity contribution in [3.05, 3.63) is 28.3 Å². The van der Waals surface area contributed by atoms with Crippen molar-refractivity contribution in [1.29, 1.82) is 0 Å². The van der Waals surface area contributed by atoms with Gasteiger partial charge in [-0.05, 0) is 37.5 Å². The fourth-order valence-electron chi connectivity index (χ4n) is 2.59. The Morgan fingerprint density at radius 1 is 1.36 bits per heavy atom. The summed E-state index contributed by atoms with van der Waals surface area (Å²) in [6.07, 6.45) is 0.544. The third-order valence-electron chi connectivity index (χ3n) is 3.90. The van der Waals surface area contributed by atoms with Crippen molar-refractivity contribution in [2.24, 2.45) is 0 Å². The lowest BCUT2D eigenvalue weighted by atomic mass is 10.0. The van der Waals surface area contributed by atoms with E-state index >= 15 is 0 Å². The van der Waals surface area contributed by atoms with Crippen LogP contribution in [-0.2, 0) is 4.74 Å². The van der Waals surface area contributed by atoms with Gasteiger partial charge in [0.1, 0.15) is 0 Å². The molecule has 0 spiro atoms. The van der Waals surface area contributed by atoms with Crippen LogP contribution in [0.1, 0.15) is 28.8 Å². The molecular formula is C15H19ClN2O4. The quantitative estimate of drug-likeness (QED) is 0.835. The number of piperidine rings is 1. The first kappa shape index (κ1) is 16.4. The number of nitrogens with zero attached hydrogens (tertiary/aromatic N) is 1. The van der Waals surface area contributed by atoms with E-state index in [0.717, 1.165) is 11.3 Å². The molecule has 0 bridgehead atoms. The molecule has 0 aliphatic carbocycles. The Hall–Kier alpha value is -1.95. The first-order chi connectivity index (χ1) is 10.4. The highest BCUT2D eigenvalue weighted by Gasteiger charge is 2.23. The number of likely N-dealkylation sites (tertiary alicyclic amines) is 1. The first-order valence-electron chi connectivity index (χ1n) is 7.05. The summed E-state index contributed by atoms with van der Waals surface area (Å²) in [5.41, 5.74) is 1.99. The fraction of sp³-hybridized carbons (Fsp3) is 0.467. The molecule has 1 amide bonds. The molecule has 0 unspecified atom stereocenters. The van der Waals surface area contributed by atoms with Crippen molar-refractivity contribution >= 4 is 29.4 Å². The van der Waals surface area contributed by atoms with Crippen LogP contribution in [0.3, 0.4) is 0 Å². The molecule has 1 aliphatic heterocycles. The smallest absolute Gasteiger partial charge is 0.407 e. The molecular weight excluding hydrogens is 308 g/mol. The second kappa shape index (κ2) is 6.87. The lowest BCUT2D eigenvalue weighted by Crippen LogP contribution is -2.41. The van der Waals surface area contributed by atoms with E-state index < -0.39 is 12.1 Å². The van der Waals surface area contributed by atoms with Gasteiger partial charge in [-0.15, -0.1) is 0 Å². The summed E-state index contributed by atoms with van der Waals surface area (Å²) in [6, 6.07) is 3.51. The molecule has 1 saturated heterocycles. The van der Waals surface area contributed by atoms with Crippen LogP contribution in [0.15, 0.2) is 12.1 Å². The highest BCUT2D eigenvalue weighted by atomic mass is 35.5. The number of benzene rings is 1. The van der Waals surface area contributed by atoms with Gasteiger partial charge in [0, 0.05) is 29.8 Å². The topological polar surface area (TPSA) is 78.9 Å². The summed E-state index contributed by atoms with van der Waals surface area (Å²) in [6.45, 7) is 2.82. The van der Waals surface area contributed by atoms with Crippen LogP contribution >= 0.6 is 11.6 Å². The van der Waals surface area contributed by atoms with Crippen LogP contribution in [0.2, 0.25) is 5.02 Å². The highest BCUT2D eigenvalue weighted by Crippen LogP contribution is 2.27. The maximum Gasteiger partial charge on any atom is 0.407 e. The molecule has 7 heteroatoms. The highest BCUT2D eigenvalue weighted by molar-refractivity contribution is 6.31. The number of carbonyl (C=O) groups is 2. The molecule has 1 aliphatic rings. The number of anilines is 1. The number of carbonyl (C=O) groups excluding carboxylic acids is 1. The molecule has 0 saturated carbocycles. The summed E-state index contributed by atoms with van der Waals surface area (Å²) in [7, 11) is 1.33. The molecule has 1 fully saturated rings. The Labute approximate surface area is 134 Å². The van der Waals surface area contributed by atoms with Gasteiger partial charge in [-0.2, -0.15) is 0 Å². The van der Waals surface area contributed by atoms with Gasteiger partial charge in [-0.25, -0.2) is 9.59 Å².